The summed E-state index contributed by atoms with van der Waals surface area (Å²) in [6.45, 7) is 3.02. The Bertz CT molecular complexity index is 582. The highest BCUT2D eigenvalue weighted by molar-refractivity contribution is 7.07. The van der Waals surface area contributed by atoms with E-state index in [1.165, 1.54) is 0 Å². The number of hydrogen-bond donors (Lipinski definition) is 1. The van der Waals surface area contributed by atoms with Crippen molar-refractivity contribution in [2.24, 2.45) is 0 Å². The highest BCUT2D eigenvalue weighted by Crippen LogP contribution is 2.20. The maximum Gasteiger partial charge on any atom is 0.254 e. The van der Waals surface area contributed by atoms with Crippen LogP contribution in [0.1, 0.15) is 22.8 Å². The molecule has 0 spiro atoms. The van der Waals surface area contributed by atoms with Gasteiger partial charge in [-0.3, -0.25) is 4.79 Å². The molecule has 2 rings (SSSR count). The Morgan fingerprint density at radius 3 is 2.85 bits per heavy atom. The summed E-state index contributed by atoms with van der Waals surface area (Å²) >= 11 is 1.62. The van der Waals surface area contributed by atoms with E-state index >= 15 is 0 Å². The summed E-state index contributed by atoms with van der Waals surface area (Å²) < 4.78 is 5.41. The van der Waals surface area contributed by atoms with Gasteiger partial charge in [0.1, 0.15) is 5.75 Å². The van der Waals surface area contributed by atoms with Crippen LogP contribution in [0.25, 0.3) is 0 Å². The van der Waals surface area contributed by atoms with E-state index < -0.39 is 0 Å². The van der Waals surface area contributed by atoms with Crippen LogP contribution in [0.5, 0.6) is 5.75 Å². The third kappa shape index (κ3) is 3.51. The minimum atomic E-state index is -0.0653. The lowest BCUT2D eigenvalue weighted by atomic mass is 10.1. The lowest BCUT2D eigenvalue weighted by Gasteiger charge is -2.17. The molecule has 0 atom stereocenters. The second kappa shape index (κ2) is 6.43. The highest BCUT2D eigenvalue weighted by atomic mass is 32.1. The molecule has 1 amide bonds. The molecule has 0 aliphatic rings. The fourth-order valence-electron chi connectivity index (χ4n) is 1.94. The average molecular weight is 290 g/mol. The molecule has 0 unspecified atom stereocenters. The topological polar surface area (TPSA) is 55.6 Å². The summed E-state index contributed by atoms with van der Waals surface area (Å²) in [5, 5.41) is 4.04. The van der Waals surface area contributed by atoms with Crippen molar-refractivity contribution in [2.45, 2.75) is 13.5 Å². The molecular formula is C15H18N2O2S. The molecular weight excluding hydrogens is 272 g/mol. The first-order valence-corrected chi connectivity index (χ1v) is 7.34. The predicted molar refractivity (Wildman–Crippen MR) is 82.1 cm³/mol. The highest BCUT2D eigenvalue weighted by Gasteiger charge is 2.14. The van der Waals surface area contributed by atoms with Crippen molar-refractivity contribution in [1.82, 2.24) is 4.90 Å². The van der Waals surface area contributed by atoms with Gasteiger partial charge in [0.05, 0.1) is 6.61 Å². The normalized spacial score (nSPS) is 10.3. The van der Waals surface area contributed by atoms with E-state index in [1.54, 1.807) is 41.5 Å². The maximum atomic E-state index is 12.4. The zero-order valence-corrected chi connectivity index (χ0v) is 12.4. The van der Waals surface area contributed by atoms with Gasteiger partial charge in [-0.05, 0) is 41.4 Å². The van der Waals surface area contributed by atoms with Gasteiger partial charge >= 0.3 is 0 Å². The molecule has 0 saturated heterocycles. The van der Waals surface area contributed by atoms with Crippen molar-refractivity contribution in [2.75, 3.05) is 19.4 Å². The van der Waals surface area contributed by atoms with Gasteiger partial charge in [0, 0.05) is 30.9 Å². The van der Waals surface area contributed by atoms with E-state index in [1.807, 2.05) is 23.8 Å². The number of nitrogens with zero attached hydrogens (tertiary/aromatic N) is 1. The van der Waals surface area contributed by atoms with E-state index in [2.05, 4.69) is 0 Å². The fourth-order valence-corrected chi connectivity index (χ4v) is 2.60. The summed E-state index contributed by atoms with van der Waals surface area (Å²) in [6, 6.07) is 7.14. The Morgan fingerprint density at radius 1 is 1.40 bits per heavy atom. The van der Waals surface area contributed by atoms with Crippen LogP contribution in [0.4, 0.5) is 5.69 Å². The third-order valence-corrected chi connectivity index (χ3v) is 3.57. The number of benzene rings is 1. The summed E-state index contributed by atoms with van der Waals surface area (Å²) in [7, 11) is 1.78. The SMILES string of the molecule is CCOc1cc(N)cc(C(=O)N(C)Cc2ccsc2)c1. The van der Waals surface area contributed by atoms with Crippen LogP contribution >= 0.6 is 11.3 Å². The van der Waals surface area contributed by atoms with Gasteiger partial charge in [-0.2, -0.15) is 11.3 Å². The zero-order valence-electron chi connectivity index (χ0n) is 11.6. The molecule has 0 saturated carbocycles. The predicted octanol–water partition coefficient (Wildman–Crippen LogP) is 3.00. The van der Waals surface area contributed by atoms with Gasteiger partial charge in [-0.15, -0.1) is 0 Å². The first-order valence-electron chi connectivity index (χ1n) is 6.40. The van der Waals surface area contributed by atoms with E-state index in [0.717, 1.165) is 5.56 Å². The van der Waals surface area contributed by atoms with Gasteiger partial charge in [0.25, 0.3) is 5.91 Å². The van der Waals surface area contributed by atoms with Crippen LogP contribution in [-0.4, -0.2) is 24.5 Å². The third-order valence-electron chi connectivity index (χ3n) is 2.83. The molecule has 1 aromatic carbocycles. The smallest absolute Gasteiger partial charge is 0.254 e. The second-order valence-corrected chi connectivity index (χ2v) is 5.30. The molecule has 0 aliphatic heterocycles. The van der Waals surface area contributed by atoms with Crippen molar-refractivity contribution < 1.29 is 9.53 Å². The molecule has 0 aliphatic carbocycles. The number of carbonyl (C=O) groups excluding carboxylic acids is 1. The number of ether oxygens (including phenoxy) is 1. The number of nitrogen functional groups attached to an aromatic ring is 1. The second-order valence-electron chi connectivity index (χ2n) is 4.52. The molecule has 2 N–H and O–H groups in total. The summed E-state index contributed by atoms with van der Waals surface area (Å²) in [6.07, 6.45) is 0. The monoisotopic (exact) mass is 290 g/mol. The van der Waals surface area contributed by atoms with E-state index in [9.17, 15) is 4.79 Å². The number of anilines is 1. The minimum absolute atomic E-state index is 0.0653. The Balaban J connectivity index is 2.15. The van der Waals surface area contributed by atoms with Gasteiger partial charge in [0.2, 0.25) is 0 Å². The minimum Gasteiger partial charge on any atom is -0.494 e. The quantitative estimate of drug-likeness (QED) is 0.861. The molecule has 106 valence electrons. The van der Waals surface area contributed by atoms with E-state index in [4.69, 9.17) is 10.5 Å². The fraction of sp³-hybridized carbons (Fsp3) is 0.267. The van der Waals surface area contributed by atoms with Crippen molar-refractivity contribution in [1.29, 1.82) is 0 Å². The van der Waals surface area contributed by atoms with Gasteiger partial charge in [0.15, 0.2) is 0 Å². The first-order chi connectivity index (χ1) is 9.60. The molecule has 2 aromatic rings. The van der Waals surface area contributed by atoms with Crippen LogP contribution in [0.15, 0.2) is 35.0 Å². The van der Waals surface area contributed by atoms with E-state index in [0.29, 0.717) is 30.2 Å². The molecule has 20 heavy (non-hydrogen) atoms. The molecule has 1 heterocycles. The molecule has 5 heteroatoms. The van der Waals surface area contributed by atoms with E-state index in [-0.39, 0.29) is 5.91 Å². The molecule has 0 bridgehead atoms. The van der Waals surface area contributed by atoms with Crippen LogP contribution < -0.4 is 10.5 Å². The van der Waals surface area contributed by atoms with Crippen LogP contribution in [-0.2, 0) is 6.54 Å². The van der Waals surface area contributed by atoms with Crippen molar-refractivity contribution >= 4 is 22.9 Å². The lowest BCUT2D eigenvalue weighted by Crippen LogP contribution is -2.26. The van der Waals surface area contributed by atoms with Crippen molar-refractivity contribution in [3.05, 3.63) is 46.2 Å². The van der Waals surface area contributed by atoms with Crippen LogP contribution in [0, 0.1) is 0 Å². The summed E-state index contributed by atoms with van der Waals surface area (Å²) in [5.74, 6) is 0.559. The zero-order chi connectivity index (χ0) is 14.5. The van der Waals surface area contributed by atoms with Crippen LogP contribution in [0.2, 0.25) is 0 Å². The number of nitrogens with two attached hydrogens (primary N) is 1. The maximum absolute atomic E-state index is 12.4. The standard InChI is InChI=1S/C15H18N2O2S/c1-3-19-14-7-12(6-13(16)8-14)15(18)17(2)9-11-4-5-20-10-11/h4-8,10H,3,9,16H2,1-2H3. The van der Waals surface area contributed by atoms with Gasteiger partial charge in [-0.25, -0.2) is 0 Å². The number of carbonyl (C=O) groups is 1. The Labute approximate surface area is 122 Å². The van der Waals surface area contributed by atoms with Gasteiger partial charge < -0.3 is 15.4 Å². The number of hydrogen-bond acceptors (Lipinski definition) is 4. The average Bonchev–Trinajstić information content (AvgIpc) is 2.90. The number of rotatable bonds is 5. The van der Waals surface area contributed by atoms with Crippen LogP contribution in [0.3, 0.4) is 0 Å². The van der Waals surface area contributed by atoms with Crippen molar-refractivity contribution in [3.63, 3.8) is 0 Å². The first kappa shape index (κ1) is 14.4. The van der Waals surface area contributed by atoms with Gasteiger partial charge in [-0.1, -0.05) is 0 Å². The number of amides is 1. The Hall–Kier alpha value is -2.01. The molecule has 0 radical (unpaired) electrons. The molecule has 0 fully saturated rings. The molecule has 1 aromatic heterocycles. The Morgan fingerprint density at radius 2 is 2.20 bits per heavy atom. The largest absolute Gasteiger partial charge is 0.494 e. The Kier molecular flexibility index (Phi) is 4.63. The molecule has 4 nitrogen and oxygen atoms in total. The summed E-state index contributed by atoms with van der Waals surface area (Å²) in [4.78, 5) is 14.1. The van der Waals surface area contributed by atoms with Crippen molar-refractivity contribution in [3.8, 4) is 5.75 Å². The summed E-state index contributed by atoms with van der Waals surface area (Å²) in [5.41, 5.74) is 8.02. The number of thiophene rings is 1. The lowest BCUT2D eigenvalue weighted by molar-refractivity contribution is 0.0785.